The van der Waals surface area contributed by atoms with E-state index in [1.165, 1.54) is 12.1 Å². The van der Waals surface area contributed by atoms with Gasteiger partial charge >= 0.3 is 5.97 Å². The van der Waals surface area contributed by atoms with Crippen LogP contribution in [0.2, 0.25) is 10.0 Å². The molecule has 1 saturated carbocycles. The predicted molar refractivity (Wildman–Crippen MR) is 90.3 cm³/mol. The van der Waals surface area contributed by atoms with Gasteiger partial charge in [0.15, 0.2) is 0 Å². The summed E-state index contributed by atoms with van der Waals surface area (Å²) in [4.78, 5) is 41.9. The molecule has 5 nitrogen and oxygen atoms in total. The van der Waals surface area contributed by atoms with Crippen LogP contribution in [-0.2, 0) is 9.63 Å². The van der Waals surface area contributed by atoms with Crippen LogP contribution in [0, 0.1) is 5.92 Å². The molecule has 2 aliphatic rings. The Morgan fingerprint density at radius 1 is 0.960 bits per heavy atom. The number of carbonyl (C=O) groups excluding carboxylic acids is 3. The number of amides is 2. The summed E-state index contributed by atoms with van der Waals surface area (Å²) in [5.74, 6) is -2.58. The lowest BCUT2D eigenvalue weighted by Gasteiger charge is -2.13. The minimum atomic E-state index is -0.643. The molecular weight excluding hydrogens is 365 g/mol. The summed E-state index contributed by atoms with van der Waals surface area (Å²) in [6.45, 7) is 0. The molecule has 1 aliphatic carbocycles. The number of fused-ring (bicyclic) bond motifs is 1. The van der Waals surface area contributed by atoms with Crippen LogP contribution in [0.25, 0.3) is 0 Å². The second kappa shape index (κ2) is 5.86. The van der Waals surface area contributed by atoms with E-state index in [0.717, 1.165) is 0 Å². The molecule has 1 heterocycles. The fourth-order valence-electron chi connectivity index (χ4n) is 3.05. The topological polar surface area (TPSA) is 63.7 Å². The summed E-state index contributed by atoms with van der Waals surface area (Å²) in [5.41, 5.74) is 1.14. The van der Waals surface area contributed by atoms with Gasteiger partial charge in [0.05, 0.1) is 17.0 Å². The number of nitrogens with zero attached hydrogens (tertiary/aromatic N) is 1. The van der Waals surface area contributed by atoms with Gasteiger partial charge in [-0.2, -0.15) is 0 Å². The Labute approximate surface area is 153 Å². The molecule has 2 aromatic carbocycles. The van der Waals surface area contributed by atoms with Gasteiger partial charge in [-0.25, -0.2) is 4.79 Å². The smallest absolute Gasteiger partial charge is 0.329 e. The van der Waals surface area contributed by atoms with Gasteiger partial charge in [-0.3, -0.25) is 9.59 Å². The molecule has 0 N–H and O–H groups in total. The highest BCUT2D eigenvalue weighted by atomic mass is 35.5. The summed E-state index contributed by atoms with van der Waals surface area (Å²) < 4.78 is 0. The first-order valence-corrected chi connectivity index (χ1v) is 8.38. The average molecular weight is 376 g/mol. The second-order valence-corrected chi connectivity index (χ2v) is 6.76. The highest BCUT2D eigenvalue weighted by Gasteiger charge is 2.49. The molecule has 2 aromatic rings. The van der Waals surface area contributed by atoms with Crippen LogP contribution < -0.4 is 0 Å². The van der Waals surface area contributed by atoms with Crippen molar-refractivity contribution in [3.05, 3.63) is 69.2 Å². The number of carbonyl (C=O) groups is 3. The lowest BCUT2D eigenvalue weighted by molar-refractivity contribution is -0.170. The molecule has 1 aliphatic heterocycles. The Balaban J connectivity index is 1.50. The maximum Gasteiger partial charge on any atom is 0.336 e. The zero-order valence-corrected chi connectivity index (χ0v) is 14.3. The first kappa shape index (κ1) is 16.1. The third-order valence-corrected chi connectivity index (χ3v) is 5.06. The van der Waals surface area contributed by atoms with Gasteiger partial charge < -0.3 is 4.84 Å². The molecule has 0 bridgehead atoms. The molecule has 1 fully saturated rings. The maximum absolute atomic E-state index is 12.4. The minimum absolute atomic E-state index is 0.177. The number of halogens is 2. The Morgan fingerprint density at radius 3 is 2.08 bits per heavy atom. The quantitative estimate of drug-likeness (QED) is 0.764. The first-order chi connectivity index (χ1) is 12.0. The van der Waals surface area contributed by atoms with E-state index in [-0.39, 0.29) is 17.0 Å². The van der Waals surface area contributed by atoms with E-state index in [4.69, 9.17) is 28.0 Å². The van der Waals surface area contributed by atoms with Gasteiger partial charge in [0.25, 0.3) is 11.8 Å². The molecule has 2 atom stereocenters. The molecule has 2 amide bonds. The normalized spacial score (nSPS) is 21.3. The summed E-state index contributed by atoms with van der Waals surface area (Å²) >= 11 is 12.3. The van der Waals surface area contributed by atoms with Crippen molar-refractivity contribution in [2.75, 3.05) is 0 Å². The molecular formula is C18H11Cl2NO4. The number of imide groups is 1. The molecule has 7 heteroatoms. The minimum Gasteiger partial charge on any atom is -0.329 e. The van der Waals surface area contributed by atoms with Gasteiger partial charge in [0, 0.05) is 16.0 Å². The highest BCUT2D eigenvalue weighted by Crippen LogP contribution is 2.52. The summed E-state index contributed by atoms with van der Waals surface area (Å²) in [6.07, 6.45) is 0.505. The lowest BCUT2D eigenvalue weighted by atomic mass is 10.1. The van der Waals surface area contributed by atoms with E-state index in [2.05, 4.69) is 0 Å². The molecule has 0 spiro atoms. The van der Waals surface area contributed by atoms with Crippen molar-refractivity contribution < 1.29 is 19.2 Å². The van der Waals surface area contributed by atoms with Crippen molar-refractivity contribution >= 4 is 41.0 Å². The summed E-state index contributed by atoms with van der Waals surface area (Å²) in [6, 6.07) is 11.5. The van der Waals surface area contributed by atoms with Gasteiger partial charge in [0.2, 0.25) is 0 Å². The van der Waals surface area contributed by atoms with Crippen LogP contribution in [0.5, 0.6) is 0 Å². The van der Waals surface area contributed by atoms with Crippen LogP contribution in [0.3, 0.4) is 0 Å². The Bertz CT molecular complexity index is 872. The first-order valence-electron chi connectivity index (χ1n) is 7.62. The second-order valence-electron chi connectivity index (χ2n) is 5.94. The predicted octanol–water partition coefficient (Wildman–Crippen LogP) is 3.85. The van der Waals surface area contributed by atoms with Gasteiger partial charge in [-0.15, -0.1) is 0 Å². The Hall–Kier alpha value is -2.37. The SMILES string of the molecule is O=C(ON1C(=O)c2ccccc2C1=O)[C@@H]1C[C@H]1c1c(Cl)cccc1Cl. The molecule has 0 unspecified atom stereocenters. The fraction of sp³-hybridized carbons (Fsp3) is 0.167. The van der Waals surface area contributed by atoms with Crippen molar-refractivity contribution in [2.45, 2.75) is 12.3 Å². The largest absolute Gasteiger partial charge is 0.336 e. The monoisotopic (exact) mass is 375 g/mol. The third kappa shape index (κ3) is 2.60. The average Bonchev–Trinajstić information content (AvgIpc) is 3.34. The van der Waals surface area contributed by atoms with Crippen molar-refractivity contribution in [3.8, 4) is 0 Å². The zero-order chi connectivity index (χ0) is 17.7. The standard InChI is InChI=1S/C18H11Cl2NO4/c19-13-6-3-7-14(20)15(13)11-8-12(11)18(24)25-21-16(22)9-4-1-2-5-10(9)17(21)23/h1-7,11-12H,8H2/t11-,12-/m1/s1. The van der Waals surface area contributed by atoms with Crippen LogP contribution in [0.4, 0.5) is 0 Å². The van der Waals surface area contributed by atoms with E-state index < -0.39 is 23.7 Å². The van der Waals surface area contributed by atoms with Crippen molar-refractivity contribution in [3.63, 3.8) is 0 Å². The molecule has 0 aromatic heterocycles. The number of hydrogen-bond donors (Lipinski definition) is 0. The Kier molecular flexibility index (Phi) is 3.78. The maximum atomic E-state index is 12.4. The van der Waals surface area contributed by atoms with E-state index in [9.17, 15) is 14.4 Å². The van der Waals surface area contributed by atoms with Crippen LogP contribution >= 0.6 is 23.2 Å². The van der Waals surface area contributed by atoms with Gasteiger partial charge in [-0.1, -0.05) is 46.5 Å². The van der Waals surface area contributed by atoms with Crippen molar-refractivity contribution in [2.24, 2.45) is 5.92 Å². The van der Waals surface area contributed by atoms with E-state index in [1.807, 2.05) is 0 Å². The number of hydroxylamine groups is 2. The van der Waals surface area contributed by atoms with E-state index in [0.29, 0.717) is 27.1 Å². The van der Waals surface area contributed by atoms with Gasteiger partial charge in [0.1, 0.15) is 0 Å². The van der Waals surface area contributed by atoms with Crippen LogP contribution in [0.1, 0.15) is 38.6 Å². The Morgan fingerprint density at radius 2 is 1.52 bits per heavy atom. The van der Waals surface area contributed by atoms with Crippen LogP contribution in [0.15, 0.2) is 42.5 Å². The molecule has 25 heavy (non-hydrogen) atoms. The van der Waals surface area contributed by atoms with Gasteiger partial charge in [-0.05, 0) is 36.2 Å². The number of rotatable bonds is 3. The van der Waals surface area contributed by atoms with Crippen molar-refractivity contribution in [1.82, 2.24) is 5.06 Å². The van der Waals surface area contributed by atoms with Crippen molar-refractivity contribution in [1.29, 1.82) is 0 Å². The molecule has 0 radical (unpaired) electrons. The summed E-state index contributed by atoms with van der Waals surface area (Å²) in [5, 5.41) is 1.48. The number of benzene rings is 2. The third-order valence-electron chi connectivity index (χ3n) is 4.40. The number of hydrogen-bond acceptors (Lipinski definition) is 4. The van der Waals surface area contributed by atoms with Crippen LogP contribution in [-0.4, -0.2) is 22.8 Å². The molecule has 126 valence electrons. The summed E-state index contributed by atoms with van der Waals surface area (Å²) in [7, 11) is 0. The van der Waals surface area contributed by atoms with E-state index in [1.54, 1.807) is 30.3 Å². The lowest BCUT2D eigenvalue weighted by Crippen LogP contribution is -2.33. The molecule has 4 rings (SSSR count). The zero-order valence-electron chi connectivity index (χ0n) is 12.7. The van der Waals surface area contributed by atoms with E-state index >= 15 is 0 Å². The fourth-order valence-corrected chi connectivity index (χ4v) is 3.72. The highest BCUT2D eigenvalue weighted by molar-refractivity contribution is 6.36. The molecule has 0 saturated heterocycles.